The van der Waals surface area contributed by atoms with Gasteiger partial charge in [-0.05, 0) is 35.0 Å². The molecule has 16 heavy (non-hydrogen) atoms. The second-order valence-electron chi connectivity index (χ2n) is 3.96. The van der Waals surface area contributed by atoms with Crippen LogP contribution in [0.3, 0.4) is 0 Å². The largest absolute Gasteiger partial charge is 0.394 e. The van der Waals surface area contributed by atoms with Gasteiger partial charge in [0.25, 0.3) is 0 Å². The Labute approximate surface area is 103 Å². The van der Waals surface area contributed by atoms with Crippen LogP contribution in [-0.2, 0) is 4.74 Å². The second kappa shape index (κ2) is 5.12. The molecular formula is C11H15BrN2O2. The van der Waals surface area contributed by atoms with Gasteiger partial charge in [0.15, 0.2) is 0 Å². The summed E-state index contributed by atoms with van der Waals surface area (Å²) in [6.45, 7) is 3.45. The lowest BCUT2D eigenvalue weighted by Crippen LogP contribution is -2.49. The third-order valence-electron chi connectivity index (χ3n) is 2.70. The van der Waals surface area contributed by atoms with E-state index in [9.17, 15) is 0 Å². The highest BCUT2D eigenvalue weighted by Crippen LogP contribution is 2.21. The van der Waals surface area contributed by atoms with Crippen LogP contribution in [-0.4, -0.2) is 42.0 Å². The molecule has 2 unspecified atom stereocenters. The van der Waals surface area contributed by atoms with E-state index < -0.39 is 0 Å². The monoisotopic (exact) mass is 286 g/mol. The fraction of sp³-hybridized carbons (Fsp3) is 0.545. The van der Waals surface area contributed by atoms with E-state index in [1.165, 1.54) is 0 Å². The van der Waals surface area contributed by atoms with Crippen molar-refractivity contribution >= 4 is 21.7 Å². The molecule has 0 spiro atoms. The number of rotatable bonds is 2. The van der Waals surface area contributed by atoms with E-state index in [0.717, 1.165) is 10.4 Å². The van der Waals surface area contributed by atoms with Gasteiger partial charge in [-0.25, -0.2) is 4.98 Å². The normalized spacial score (nSPS) is 25.8. The van der Waals surface area contributed by atoms with E-state index in [2.05, 4.69) is 32.7 Å². The molecule has 1 aliphatic rings. The number of morpholine rings is 1. The maximum atomic E-state index is 9.12. The number of hydrogen-bond acceptors (Lipinski definition) is 4. The SMILES string of the molecule is CC1COC(CO)CN1c1cccc(Br)n1. The fourth-order valence-electron chi connectivity index (χ4n) is 1.80. The number of aromatic nitrogens is 1. The lowest BCUT2D eigenvalue weighted by atomic mass is 10.2. The minimum atomic E-state index is -0.114. The summed E-state index contributed by atoms with van der Waals surface area (Å²) >= 11 is 3.36. The number of hydrogen-bond donors (Lipinski definition) is 1. The maximum absolute atomic E-state index is 9.12. The van der Waals surface area contributed by atoms with E-state index in [0.29, 0.717) is 13.2 Å². The van der Waals surface area contributed by atoms with Gasteiger partial charge in [-0.1, -0.05) is 6.07 Å². The van der Waals surface area contributed by atoms with Crippen molar-refractivity contribution in [3.8, 4) is 0 Å². The minimum absolute atomic E-state index is 0.0528. The van der Waals surface area contributed by atoms with Gasteiger partial charge in [-0.2, -0.15) is 0 Å². The molecule has 1 saturated heterocycles. The van der Waals surface area contributed by atoms with Crippen LogP contribution in [0.2, 0.25) is 0 Å². The van der Waals surface area contributed by atoms with Crippen molar-refractivity contribution in [2.24, 2.45) is 0 Å². The molecule has 1 N–H and O–H groups in total. The zero-order valence-corrected chi connectivity index (χ0v) is 10.7. The van der Waals surface area contributed by atoms with Crippen LogP contribution in [0.5, 0.6) is 0 Å². The average Bonchev–Trinajstić information content (AvgIpc) is 2.30. The second-order valence-corrected chi connectivity index (χ2v) is 4.77. The standard InChI is InChI=1S/C11H15BrN2O2/c1-8-7-16-9(6-15)5-14(8)11-4-2-3-10(12)13-11/h2-4,8-9,15H,5-7H2,1H3. The molecule has 0 saturated carbocycles. The van der Waals surface area contributed by atoms with Gasteiger partial charge in [0, 0.05) is 6.54 Å². The van der Waals surface area contributed by atoms with E-state index in [1.54, 1.807) is 0 Å². The van der Waals surface area contributed by atoms with Crippen LogP contribution in [0.15, 0.2) is 22.8 Å². The highest BCUT2D eigenvalue weighted by atomic mass is 79.9. The first-order chi connectivity index (χ1) is 7.70. The predicted octanol–water partition coefficient (Wildman–Crippen LogP) is 1.43. The number of pyridine rings is 1. The van der Waals surface area contributed by atoms with Gasteiger partial charge in [0.2, 0.25) is 0 Å². The summed E-state index contributed by atoms with van der Waals surface area (Å²) in [7, 11) is 0. The molecule has 1 aromatic heterocycles. The smallest absolute Gasteiger partial charge is 0.130 e. The molecule has 88 valence electrons. The first-order valence-corrected chi connectivity index (χ1v) is 6.11. The minimum Gasteiger partial charge on any atom is -0.394 e. The van der Waals surface area contributed by atoms with Crippen LogP contribution in [0, 0.1) is 0 Å². The zero-order valence-electron chi connectivity index (χ0n) is 9.14. The Morgan fingerprint density at radius 3 is 3.12 bits per heavy atom. The molecule has 1 aromatic rings. The number of aliphatic hydroxyl groups is 1. The number of anilines is 1. The number of ether oxygens (including phenoxy) is 1. The van der Waals surface area contributed by atoms with Gasteiger partial charge in [0.05, 0.1) is 25.4 Å². The van der Waals surface area contributed by atoms with Gasteiger partial charge in [-0.3, -0.25) is 0 Å². The summed E-state index contributed by atoms with van der Waals surface area (Å²) in [5.41, 5.74) is 0. The van der Waals surface area contributed by atoms with Gasteiger partial charge < -0.3 is 14.7 Å². The van der Waals surface area contributed by atoms with Crippen LogP contribution >= 0.6 is 15.9 Å². The Kier molecular flexibility index (Phi) is 3.78. The average molecular weight is 287 g/mol. The molecule has 2 heterocycles. The van der Waals surface area contributed by atoms with E-state index in [-0.39, 0.29) is 18.8 Å². The summed E-state index contributed by atoms with van der Waals surface area (Å²) in [5.74, 6) is 0.920. The summed E-state index contributed by atoms with van der Waals surface area (Å²) < 4.78 is 6.31. The Hall–Kier alpha value is -0.650. The quantitative estimate of drug-likeness (QED) is 0.836. The van der Waals surface area contributed by atoms with Crippen molar-refractivity contribution in [2.75, 3.05) is 24.7 Å². The molecule has 1 aliphatic heterocycles. The van der Waals surface area contributed by atoms with Gasteiger partial charge in [-0.15, -0.1) is 0 Å². The van der Waals surface area contributed by atoms with Gasteiger partial charge in [0.1, 0.15) is 10.4 Å². The molecule has 0 amide bonds. The van der Waals surface area contributed by atoms with Crippen molar-refractivity contribution in [3.63, 3.8) is 0 Å². The fourth-order valence-corrected chi connectivity index (χ4v) is 2.14. The first kappa shape index (κ1) is 11.8. The number of aliphatic hydroxyl groups excluding tert-OH is 1. The van der Waals surface area contributed by atoms with Crippen molar-refractivity contribution in [2.45, 2.75) is 19.1 Å². The molecule has 5 heteroatoms. The summed E-state index contributed by atoms with van der Waals surface area (Å²) in [5, 5.41) is 9.12. The molecule has 4 nitrogen and oxygen atoms in total. The van der Waals surface area contributed by atoms with E-state index in [4.69, 9.17) is 9.84 Å². The Balaban J connectivity index is 2.17. The molecule has 2 atom stereocenters. The van der Waals surface area contributed by atoms with Crippen LogP contribution in [0.4, 0.5) is 5.82 Å². The molecule has 0 aliphatic carbocycles. The van der Waals surface area contributed by atoms with Crippen molar-refractivity contribution < 1.29 is 9.84 Å². The third-order valence-corrected chi connectivity index (χ3v) is 3.15. The zero-order chi connectivity index (χ0) is 11.5. The number of nitrogens with zero attached hydrogens (tertiary/aromatic N) is 2. The van der Waals surface area contributed by atoms with Crippen molar-refractivity contribution in [1.29, 1.82) is 0 Å². The van der Waals surface area contributed by atoms with E-state index >= 15 is 0 Å². The first-order valence-electron chi connectivity index (χ1n) is 5.32. The topological polar surface area (TPSA) is 45.6 Å². The molecule has 0 radical (unpaired) electrons. The molecular weight excluding hydrogens is 272 g/mol. The molecule has 0 bridgehead atoms. The van der Waals surface area contributed by atoms with Crippen LogP contribution in [0.25, 0.3) is 0 Å². The van der Waals surface area contributed by atoms with Crippen LogP contribution in [0.1, 0.15) is 6.92 Å². The van der Waals surface area contributed by atoms with Crippen molar-refractivity contribution in [1.82, 2.24) is 4.98 Å². The molecule has 1 fully saturated rings. The summed E-state index contributed by atoms with van der Waals surface area (Å²) in [6, 6.07) is 6.12. The summed E-state index contributed by atoms with van der Waals surface area (Å²) in [6.07, 6.45) is -0.114. The van der Waals surface area contributed by atoms with E-state index in [1.807, 2.05) is 18.2 Å². The lowest BCUT2D eigenvalue weighted by Gasteiger charge is -2.38. The highest BCUT2D eigenvalue weighted by Gasteiger charge is 2.26. The Morgan fingerprint density at radius 1 is 1.62 bits per heavy atom. The van der Waals surface area contributed by atoms with Gasteiger partial charge >= 0.3 is 0 Å². The molecule has 2 rings (SSSR count). The predicted molar refractivity (Wildman–Crippen MR) is 65.6 cm³/mol. The van der Waals surface area contributed by atoms with Crippen LogP contribution < -0.4 is 4.90 Å². The Morgan fingerprint density at radius 2 is 2.44 bits per heavy atom. The summed E-state index contributed by atoms with van der Waals surface area (Å²) in [4.78, 5) is 6.58. The highest BCUT2D eigenvalue weighted by molar-refractivity contribution is 9.10. The number of halogens is 1. The van der Waals surface area contributed by atoms with Crippen molar-refractivity contribution in [3.05, 3.63) is 22.8 Å². The third kappa shape index (κ3) is 2.53. The maximum Gasteiger partial charge on any atom is 0.130 e. The molecule has 0 aromatic carbocycles. The lowest BCUT2D eigenvalue weighted by molar-refractivity contribution is -0.0105. The Bertz CT molecular complexity index is 362.